The second kappa shape index (κ2) is 3.56. The Kier molecular flexibility index (Phi) is 2.58. The summed E-state index contributed by atoms with van der Waals surface area (Å²) in [5.41, 5.74) is 0.425. The third-order valence-corrected chi connectivity index (χ3v) is 3.80. The third kappa shape index (κ3) is 1.60. The van der Waals surface area contributed by atoms with Gasteiger partial charge < -0.3 is 15.3 Å². The molecule has 1 unspecified atom stereocenters. The maximum atomic E-state index is 9.35. The van der Waals surface area contributed by atoms with Crippen LogP contribution in [0.25, 0.3) is 0 Å². The summed E-state index contributed by atoms with van der Waals surface area (Å²) >= 11 is 0. The SMILES string of the molecule is CN1CC(CO)C2(CCNCC2)C1. The minimum atomic E-state index is 0.365. The van der Waals surface area contributed by atoms with E-state index in [1.165, 1.54) is 19.4 Å². The van der Waals surface area contributed by atoms with Gasteiger partial charge in [0.05, 0.1) is 0 Å². The van der Waals surface area contributed by atoms with Gasteiger partial charge in [-0.15, -0.1) is 0 Å². The van der Waals surface area contributed by atoms with Gasteiger partial charge in [0.1, 0.15) is 0 Å². The summed E-state index contributed by atoms with van der Waals surface area (Å²) in [6.07, 6.45) is 2.48. The van der Waals surface area contributed by atoms with Crippen molar-refractivity contribution in [2.45, 2.75) is 12.8 Å². The lowest BCUT2D eigenvalue weighted by Crippen LogP contribution is -2.42. The van der Waals surface area contributed by atoms with Crippen LogP contribution in [0.4, 0.5) is 0 Å². The Hall–Kier alpha value is -0.120. The largest absolute Gasteiger partial charge is 0.396 e. The zero-order chi connectivity index (χ0) is 9.31. The van der Waals surface area contributed by atoms with E-state index in [9.17, 15) is 5.11 Å². The smallest absolute Gasteiger partial charge is 0.0477 e. The van der Waals surface area contributed by atoms with E-state index in [0.717, 1.165) is 19.6 Å². The Bertz CT molecular complexity index is 178. The normalized spacial score (nSPS) is 34.2. The van der Waals surface area contributed by atoms with E-state index in [1.54, 1.807) is 0 Å². The van der Waals surface area contributed by atoms with Crippen molar-refractivity contribution >= 4 is 0 Å². The molecule has 2 aliphatic heterocycles. The summed E-state index contributed by atoms with van der Waals surface area (Å²) in [7, 11) is 2.17. The van der Waals surface area contributed by atoms with Crippen LogP contribution in [0.3, 0.4) is 0 Å². The van der Waals surface area contributed by atoms with Crippen LogP contribution in [0.15, 0.2) is 0 Å². The molecule has 76 valence electrons. The summed E-state index contributed by atoms with van der Waals surface area (Å²) in [6, 6.07) is 0. The third-order valence-electron chi connectivity index (χ3n) is 3.80. The molecule has 0 radical (unpaired) electrons. The first-order chi connectivity index (χ1) is 6.27. The summed E-state index contributed by atoms with van der Waals surface area (Å²) < 4.78 is 0. The van der Waals surface area contributed by atoms with Crippen molar-refractivity contribution in [2.24, 2.45) is 11.3 Å². The first-order valence-electron chi connectivity index (χ1n) is 5.27. The average Bonchev–Trinajstić information content (AvgIpc) is 2.43. The number of nitrogens with zero attached hydrogens (tertiary/aromatic N) is 1. The zero-order valence-corrected chi connectivity index (χ0v) is 8.42. The van der Waals surface area contributed by atoms with Crippen molar-refractivity contribution in [3.8, 4) is 0 Å². The Balaban J connectivity index is 2.09. The lowest BCUT2D eigenvalue weighted by atomic mass is 9.71. The van der Waals surface area contributed by atoms with Crippen molar-refractivity contribution in [3.63, 3.8) is 0 Å². The van der Waals surface area contributed by atoms with Crippen LogP contribution in [-0.2, 0) is 0 Å². The van der Waals surface area contributed by atoms with Crippen molar-refractivity contribution in [1.82, 2.24) is 10.2 Å². The molecule has 1 spiro atoms. The summed E-state index contributed by atoms with van der Waals surface area (Å²) in [6.45, 7) is 4.88. The van der Waals surface area contributed by atoms with Crippen LogP contribution < -0.4 is 5.32 Å². The topological polar surface area (TPSA) is 35.5 Å². The maximum absolute atomic E-state index is 9.35. The lowest BCUT2D eigenvalue weighted by molar-refractivity contribution is 0.0989. The molecule has 0 bridgehead atoms. The Morgan fingerprint density at radius 1 is 1.46 bits per heavy atom. The molecule has 0 saturated carbocycles. The number of hydrogen-bond donors (Lipinski definition) is 2. The molecule has 3 heteroatoms. The van der Waals surface area contributed by atoms with E-state index in [1.807, 2.05) is 0 Å². The maximum Gasteiger partial charge on any atom is 0.0477 e. The molecule has 2 N–H and O–H groups in total. The molecular weight excluding hydrogens is 164 g/mol. The molecule has 1 atom stereocenters. The second-order valence-electron chi connectivity index (χ2n) is 4.69. The molecule has 13 heavy (non-hydrogen) atoms. The quantitative estimate of drug-likeness (QED) is 0.598. The number of rotatable bonds is 1. The molecule has 2 saturated heterocycles. The van der Waals surface area contributed by atoms with Crippen molar-refractivity contribution in [3.05, 3.63) is 0 Å². The van der Waals surface area contributed by atoms with E-state index in [2.05, 4.69) is 17.3 Å². The predicted molar refractivity (Wildman–Crippen MR) is 52.6 cm³/mol. The van der Waals surface area contributed by atoms with E-state index in [4.69, 9.17) is 0 Å². The Morgan fingerprint density at radius 3 is 2.77 bits per heavy atom. The van der Waals surface area contributed by atoms with Crippen LogP contribution in [0.1, 0.15) is 12.8 Å². The van der Waals surface area contributed by atoms with Gasteiger partial charge in [0.2, 0.25) is 0 Å². The minimum absolute atomic E-state index is 0.365. The van der Waals surface area contributed by atoms with Gasteiger partial charge in [-0.25, -0.2) is 0 Å². The monoisotopic (exact) mass is 184 g/mol. The van der Waals surface area contributed by atoms with Crippen molar-refractivity contribution in [1.29, 1.82) is 0 Å². The van der Waals surface area contributed by atoms with Crippen LogP contribution in [-0.4, -0.2) is 49.8 Å². The van der Waals surface area contributed by atoms with Crippen LogP contribution in [0.5, 0.6) is 0 Å². The fourth-order valence-corrected chi connectivity index (χ4v) is 3.04. The van der Waals surface area contributed by atoms with E-state index >= 15 is 0 Å². The number of hydrogen-bond acceptors (Lipinski definition) is 3. The highest BCUT2D eigenvalue weighted by Gasteiger charge is 2.45. The van der Waals surface area contributed by atoms with Crippen molar-refractivity contribution < 1.29 is 5.11 Å². The molecule has 0 amide bonds. The summed E-state index contributed by atoms with van der Waals surface area (Å²) in [5, 5.41) is 12.7. The number of aliphatic hydroxyl groups excluding tert-OH is 1. The summed E-state index contributed by atoms with van der Waals surface area (Å²) in [5.74, 6) is 0.514. The number of likely N-dealkylation sites (tertiary alicyclic amines) is 1. The second-order valence-corrected chi connectivity index (χ2v) is 4.69. The Morgan fingerprint density at radius 2 is 2.15 bits per heavy atom. The zero-order valence-electron chi connectivity index (χ0n) is 8.42. The minimum Gasteiger partial charge on any atom is -0.396 e. The first kappa shape index (κ1) is 9.44. The molecule has 2 fully saturated rings. The van der Waals surface area contributed by atoms with Crippen LogP contribution >= 0.6 is 0 Å². The molecule has 0 aromatic carbocycles. The van der Waals surface area contributed by atoms with Gasteiger partial charge in [0, 0.05) is 25.6 Å². The molecule has 2 aliphatic rings. The van der Waals surface area contributed by atoms with Crippen molar-refractivity contribution in [2.75, 3.05) is 39.8 Å². The fourth-order valence-electron chi connectivity index (χ4n) is 3.04. The van der Waals surface area contributed by atoms with Crippen LogP contribution in [0.2, 0.25) is 0 Å². The molecular formula is C10H20N2O. The number of nitrogens with one attached hydrogen (secondary N) is 1. The predicted octanol–water partition coefficient (Wildman–Crippen LogP) is -0.0899. The van der Waals surface area contributed by atoms with Gasteiger partial charge in [-0.05, 0) is 38.4 Å². The standard InChI is InChI=1S/C10H20N2O/c1-12-6-9(7-13)10(8-12)2-4-11-5-3-10/h9,11,13H,2-8H2,1H3. The van der Waals surface area contributed by atoms with E-state index in [0.29, 0.717) is 17.9 Å². The summed E-state index contributed by atoms with van der Waals surface area (Å²) in [4.78, 5) is 2.37. The van der Waals surface area contributed by atoms with Gasteiger partial charge in [-0.1, -0.05) is 0 Å². The van der Waals surface area contributed by atoms with E-state index < -0.39 is 0 Å². The molecule has 3 nitrogen and oxygen atoms in total. The molecule has 2 rings (SSSR count). The average molecular weight is 184 g/mol. The number of aliphatic hydroxyl groups is 1. The molecule has 0 aromatic heterocycles. The lowest BCUT2D eigenvalue weighted by Gasteiger charge is -2.37. The van der Waals surface area contributed by atoms with Gasteiger partial charge >= 0.3 is 0 Å². The first-order valence-corrected chi connectivity index (χ1v) is 5.27. The van der Waals surface area contributed by atoms with Crippen LogP contribution in [0, 0.1) is 11.3 Å². The van der Waals surface area contributed by atoms with Gasteiger partial charge in [-0.3, -0.25) is 0 Å². The van der Waals surface area contributed by atoms with Gasteiger partial charge in [0.15, 0.2) is 0 Å². The molecule has 0 aliphatic carbocycles. The Labute approximate surface area is 80.1 Å². The number of piperidine rings is 1. The highest BCUT2D eigenvalue weighted by Crippen LogP contribution is 2.42. The fraction of sp³-hybridized carbons (Fsp3) is 1.00. The van der Waals surface area contributed by atoms with Gasteiger partial charge in [0.25, 0.3) is 0 Å². The highest BCUT2D eigenvalue weighted by atomic mass is 16.3. The van der Waals surface area contributed by atoms with E-state index in [-0.39, 0.29) is 0 Å². The van der Waals surface area contributed by atoms with Gasteiger partial charge in [-0.2, -0.15) is 0 Å². The highest BCUT2D eigenvalue weighted by molar-refractivity contribution is 4.97. The molecule has 2 heterocycles. The molecule has 0 aromatic rings.